The standard InChI is InChI=1S/C62H117N2O7P/c1-7-10-13-16-19-22-25-28-30-32-34-36-39-42-45-48-51-54-61(65)63-59(58-70-72(67,68)69-57-56-64(4,5)6)60(53-50-47-44-41-38-27-24-21-18-15-12-9-3)71-62(66)55-52-49-46-43-40-37-35-33-31-29-26-23-20-17-14-11-8-2/h20,23,28-31,50,53,59-60H,7-19,21-22,24-27,32-49,51-52,54-58H2,1-6H3,(H-,63,65,67,68)/p+1/b23-20-,30-28+,31-29-,53-50+. The molecule has 0 aliphatic heterocycles. The number of carbonyl (C=O) groups excluding carboxylic acids is 2. The predicted octanol–water partition coefficient (Wildman–Crippen LogP) is 18.5. The molecular formula is C62H118N2O7P+. The summed E-state index contributed by atoms with van der Waals surface area (Å²) in [7, 11) is 1.49. The van der Waals surface area contributed by atoms with E-state index in [0.29, 0.717) is 17.4 Å². The summed E-state index contributed by atoms with van der Waals surface area (Å²) in [5, 5.41) is 3.05. The van der Waals surface area contributed by atoms with E-state index >= 15 is 0 Å². The fourth-order valence-corrected chi connectivity index (χ4v) is 9.47. The molecule has 0 saturated carbocycles. The lowest BCUT2D eigenvalue weighted by atomic mass is 10.0. The number of quaternary nitrogens is 1. The molecule has 0 aliphatic rings. The van der Waals surface area contributed by atoms with Gasteiger partial charge in [-0.2, -0.15) is 0 Å². The average molecular weight is 1030 g/mol. The normalized spacial score (nSPS) is 14.0. The molecule has 72 heavy (non-hydrogen) atoms. The zero-order valence-electron chi connectivity index (χ0n) is 48.2. The Morgan fingerprint density at radius 3 is 1.29 bits per heavy atom. The van der Waals surface area contributed by atoms with Gasteiger partial charge in [-0.15, -0.1) is 0 Å². The summed E-state index contributed by atoms with van der Waals surface area (Å²) < 4.78 is 30.7. The highest BCUT2D eigenvalue weighted by Gasteiger charge is 2.30. The number of likely N-dealkylation sites (N-methyl/N-ethyl adjacent to an activating group) is 1. The molecule has 422 valence electrons. The first-order valence-corrected chi connectivity index (χ1v) is 32.0. The molecule has 0 heterocycles. The Morgan fingerprint density at radius 1 is 0.486 bits per heavy atom. The van der Waals surface area contributed by atoms with E-state index in [1.165, 1.54) is 161 Å². The van der Waals surface area contributed by atoms with Gasteiger partial charge in [0, 0.05) is 12.8 Å². The second-order valence-corrected chi connectivity index (χ2v) is 23.3. The van der Waals surface area contributed by atoms with Gasteiger partial charge in [0.1, 0.15) is 19.3 Å². The SMILES string of the molecule is CCCCC/C=C\C/C=C\CCCCCCCCCC(=O)OC(/C=C/CCCCCCCCCCCC)C(COP(=O)(O)OCC[N+](C)(C)C)NC(=O)CCCCCCCCC/C=C/CCCCCCCC. The molecule has 0 radical (unpaired) electrons. The molecule has 10 heteroatoms. The van der Waals surface area contributed by atoms with Gasteiger partial charge >= 0.3 is 13.8 Å². The molecule has 0 aromatic heterocycles. The number of carbonyl (C=O) groups is 2. The number of hydrogen-bond acceptors (Lipinski definition) is 6. The van der Waals surface area contributed by atoms with Crippen LogP contribution in [0.1, 0.15) is 284 Å². The average Bonchev–Trinajstić information content (AvgIpc) is 3.34. The molecule has 0 aromatic rings. The number of esters is 1. The van der Waals surface area contributed by atoms with Crippen LogP contribution >= 0.6 is 7.82 Å². The van der Waals surface area contributed by atoms with Gasteiger partial charge < -0.3 is 19.4 Å². The Morgan fingerprint density at radius 2 is 0.847 bits per heavy atom. The van der Waals surface area contributed by atoms with Crippen LogP contribution in [-0.2, 0) is 27.9 Å². The molecule has 0 spiro atoms. The van der Waals surface area contributed by atoms with Gasteiger partial charge in [-0.1, -0.05) is 230 Å². The summed E-state index contributed by atoms with van der Waals surface area (Å²) in [4.78, 5) is 37.7. The van der Waals surface area contributed by atoms with Crippen LogP contribution in [0.5, 0.6) is 0 Å². The summed E-state index contributed by atoms with van der Waals surface area (Å²) in [6, 6.07) is -0.852. The number of phosphoric acid groups is 1. The lowest BCUT2D eigenvalue weighted by Gasteiger charge is -2.27. The zero-order chi connectivity index (χ0) is 52.9. The first kappa shape index (κ1) is 70.0. The van der Waals surface area contributed by atoms with Gasteiger partial charge in [0.05, 0.1) is 33.8 Å². The van der Waals surface area contributed by atoms with E-state index in [0.717, 1.165) is 89.9 Å². The van der Waals surface area contributed by atoms with Crippen molar-refractivity contribution in [3.8, 4) is 0 Å². The number of nitrogens with one attached hydrogen (secondary N) is 1. The highest BCUT2D eigenvalue weighted by atomic mass is 31.2. The molecule has 0 saturated heterocycles. The number of rotatable bonds is 55. The van der Waals surface area contributed by atoms with Crippen LogP contribution in [-0.4, -0.2) is 74.3 Å². The Hall–Kier alpha value is -2.03. The van der Waals surface area contributed by atoms with E-state index < -0.39 is 20.0 Å². The number of unbranched alkanes of at least 4 members (excludes halogenated alkanes) is 33. The van der Waals surface area contributed by atoms with Crippen LogP contribution in [0.2, 0.25) is 0 Å². The number of hydrogen-bond donors (Lipinski definition) is 2. The van der Waals surface area contributed by atoms with E-state index in [1.54, 1.807) is 0 Å². The lowest BCUT2D eigenvalue weighted by Crippen LogP contribution is -2.47. The quantitative estimate of drug-likeness (QED) is 0.0205. The van der Waals surface area contributed by atoms with Crippen LogP contribution in [0.25, 0.3) is 0 Å². The number of ether oxygens (including phenoxy) is 1. The van der Waals surface area contributed by atoms with Gasteiger partial charge in [-0.25, -0.2) is 4.57 Å². The summed E-state index contributed by atoms with van der Waals surface area (Å²) in [5.74, 6) is -0.512. The molecule has 0 bridgehead atoms. The van der Waals surface area contributed by atoms with Crippen molar-refractivity contribution in [1.29, 1.82) is 0 Å². The second kappa shape index (κ2) is 52.4. The first-order chi connectivity index (χ1) is 34.9. The van der Waals surface area contributed by atoms with Crippen LogP contribution in [0.4, 0.5) is 0 Å². The maximum atomic E-state index is 13.5. The number of phosphoric ester groups is 1. The van der Waals surface area contributed by atoms with Crippen LogP contribution in [0.3, 0.4) is 0 Å². The monoisotopic (exact) mass is 1030 g/mol. The third-order valence-electron chi connectivity index (χ3n) is 13.5. The van der Waals surface area contributed by atoms with Crippen molar-refractivity contribution in [2.75, 3.05) is 40.9 Å². The number of allylic oxidation sites excluding steroid dienone is 7. The summed E-state index contributed by atoms with van der Waals surface area (Å²) in [6.45, 7) is 6.99. The van der Waals surface area contributed by atoms with Crippen LogP contribution < -0.4 is 5.32 Å². The van der Waals surface area contributed by atoms with E-state index in [2.05, 4.69) is 62.5 Å². The minimum atomic E-state index is -4.45. The molecule has 0 aliphatic carbocycles. The predicted molar refractivity (Wildman–Crippen MR) is 309 cm³/mol. The first-order valence-electron chi connectivity index (χ1n) is 30.5. The van der Waals surface area contributed by atoms with Crippen molar-refractivity contribution in [2.24, 2.45) is 0 Å². The van der Waals surface area contributed by atoms with Crippen LogP contribution in [0.15, 0.2) is 48.6 Å². The minimum absolute atomic E-state index is 0.0382. The van der Waals surface area contributed by atoms with E-state index in [9.17, 15) is 19.0 Å². The lowest BCUT2D eigenvalue weighted by molar-refractivity contribution is -0.870. The maximum absolute atomic E-state index is 13.5. The summed E-state index contributed by atoms with van der Waals surface area (Å²) in [5.41, 5.74) is 0. The van der Waals surface area contributed by atoms with E-state index in [4.69, 9.17) is 13.8 Å². The summed E-state index contributed by atoms with van der Waals surface area (Å²) in [6.07, 6.45) is 63.8. The fourth-order valence-electron chi connectivity index (χ4n) is 8.73. The Bertz CT molecular complexity index is 1380. The van der Waals surface area contributed by atoms with Crippen molar-refractivity contribution >= 4 is 19.7 Å². The molecule has 3 atom stereocenters. The molecule has 0 aromatic carbocycles. The van der Waals surface area contributed by atoms with E-state index in [-0.39, 0.29) is 31.5 Å². The minimum Gasteiger partial charge on any atom is -0.456 e. The van der Waals surface area contributed by atoms with Crippen molar-refractivity contribution in [1.82, 2.24) is 5.32 Å². The molecule has 3 unspecified atom stereocenters. The maximum Gasteiger partial charge on any atom is 0.472 e. The highest BCUT2D eigenvalue weighted by molar-refractivity contribution is 7.47. The van der Waals surface area contributed by atoms with Crippen molar-refractivity contribution in [3.05, 3.63) is 48.6 Å². The van der Waals surface area contributed by atoms with Gasteiger partial charge in [-0.05, 0) is 89.5 Å². The molecule has 2 N–H and O–H groups in total. The van der Waals surface area contributed by atoms with Gasteiger partial charge in [-0.3, -0.25) is 18.6 Å². The molecule has 0 fully saturated rings. The zero-order valence-corrected chi connectivity index (χ0v) is 49.1. The largest absolute Gasteiger partial charge is 0.472 e. The Kier molecular flexibility index (Phi) is 50.9. The number of nitrogens with zero attached hydrogens (tertiary/aromatic N) is 1. The second-order valence-electron chi connectivity index (χ2n) is 21.9. The molecular weight excluding hydrogens is 916 g/mol. The fraction of sp³-hybridized carbons (Fsp3) is 0.839. The third-order valence-corrected chi connectivity index (χ3v) is 14.5. The smallest absolute Gasteiger partial charge is 0.456 e. The molecule has 9 nitrogen and oxygen atoms in total. The van der Waals surface area contributed by atoms with Crippen molar-refractivity contribution in [2.45, 2.75) is 296 Å². The molecule has 0 rings (SSSR count). The number of amides is 1. The Labute approximate surface area is 446 Å². The van der Waals surface area contributed by atoms with Gasteiger partial charge in [0.2, 0.25) is 5.91 Å². The van der Waals surface area contributed by atoms with Crippen molar-refractivity contribution < 1.29 is 37.3 Å². The van der Waals surface area contributed by atoms with E-state index in [1.807, 2.05) is 33.3 Å². The Balaban J connectivity index is 5.30. The third kappa shape index (κ3) is 52.8. The van der Waals surface area contributed by atoms with Gasteiger partial charge in [0.15, 0.2) is 0 Å². The van der Waals surface area contributed by atoms with Crippen molar-refractivity contribution in [3.63, 3.8) is 0 Å². The topological polar surface area (TPSA) is 111 Å². The van der Waals surface area contributed by atoms with Crippen LogP contribution in [0, 0.1) is 0 Å². The van der Waals surface area contributed by atoms with Gasteiger partial charge in [0.25, 0.3) is 0 Å². The highest BCUT2D eigenvalue weighted by Crippen LogP contribution is 2.43. The summed E-state index contributed by atoms with van der Waals surface area (Å²) >= 11 is 0. The molecule has 1 amide bonds.